The summed E-state index contributed by atoms with van der Waals surface area (Å²) in [5.74, 6) is -0.883. The predicted molar refractivity (Wildman–Crippen MR) is 210 cm³/mol. The van der Waals surface area contributed by atoms with Crippen LogP contribution >= 0.6 is 0 Å². The Morgan fingerprint density at radius 3 is 1.20 bits per heavy atom. The summed E-state index contributed by atoms with van der Waals surface area (Å²) in [7, 11) is 0. The third kappa shape index (κ3) is 37.2. The molecule has 292 valence electrons. The van der Waals surface area contributed by atoms with Crippen LogP contribution in [0.2, 0.25) is 0 Å². The lowest BCUT2D eigenvalue weighted by Crippen LogP contribution is -2.30. The lowest BCUT2D eigenvalue weighted by molar-refractivity contribution is -0.167. The quantitative estimate of drug-likeness (QED) is 0.0275. The average molecular weight is 705 g/mol. The van der Waals surface area contributed by atoms with Gasteiger partial charge < -0.3 is 14.2 Å². The lowest BCUT2D eigenvalue weighted by Gasteiger charge is -2.18. The molecule has 1 unspecified atom stereocenters. The normalized spacial score (nSPS) is 12.1. The van der Waals surface area contributed by atoms with Crippen LogP contribution in [-0.4, -0.2) is 37.2 Å². The molecule has 0 aliphatic heterocycles. The molecule has 0 fully saturated rings. The molecule has 0 aromatic heterocycles. The molecule has 0 aliphatic rings. The number of carbonyl (C=O) groups is 3. The van der Waals surface area contributed by atoms with Crippen LogP contribution in [0.25, 0.3) is 0 Å². The Labute approximate surface area is 309 Å². The van der Waals surface area contributed by atoms with E-state index in [2.05, 4.69) is 45.1 Å². The van der Waals surface area contributed by atoms with Gasteiger partial charge in [0.2, 0.25) is 0 Å². The highest BCUT2D eigenvalue weighted by Gasteiger charge is 2.19. The number of hydrogen-bond donors (Lipinski definition) is 0. The van der Waals surface area contributed by atoms with E-state index in [0.717, 1.165) is 77.0 Å². The number of hydrogen-bond acceptors (Lipinski definition) is 6. The van der Waals surface area contributed by atoms with E-state index < -0.39 is 6.10 Å². The highest BCUT2D eigenvalue weighted by atomic mass is 16.6. The Morgan fingerprint density at radius 1 is 0.420 bits per heavy atom. The monoisotopic (exact) mass is 705 g/mol. The van der Waals surface area contributed by atoms with Crippen molar-refractivity contribution in [3.05, 3.63) is 24.3 Å². The van der Waals surface area contributed by atoms with Gasteiger partial charge in [0.25, 0.3) is 0 Å². The van der Waals surface area contributed by atoms with Gasteiger partial charge in [-0.15, -0.1) is 0 Å². The fraction of sp³-hybridized carbons (Fsp3) is 0.841. The second-order valence-corrected chi connectivity index (χ2v) is 14.2. The fourth-order valence-corrected chi connectivity index (χ4v) is 6.01. The topological polar surface area (TPSA) is 78.9 Å². The number of allylic oxidation sites excluding steroid dienone is 4. The first kappa shape index (κ1) is 47.9. The summed E-state index contributed by atoms with van der Waals surface area (Å²) in [5.41, 5.74) is 0. The van der Waals surface area contributed by atoms with Gasteiger partial charge in [-0.25, -0.2) is 0 Å². The third-order valence-electron chi connectivity index (χ3n) is 9.22. The average Bonchev–Trinajstić information content (AvgIpc) is 3.11. The highest BCUT2D eigenvalue weighted by molar-refractivity contribution is 5.71. The molecule has 50 heavy (non-hydrogen) atoms. The summed E-state index contributed by atoms with van der Waals surface area (Å²) in [5, 5.41) is 0. The van der Waals surface area contributed by atoms with Crippen molar-refractivity contribution < 1.29 is 28.6 Å². The fourth-order valence-electron chi connectivity index (χ4n) is 6.01. The predicted octanol–water partition coefficient (Wildman–Crippen LogP) is 13.2. The molecular formula is C44H80O6. The molecule has 0 N–H and O–H groups in total. The minimum Gasteiger partial charge on any atom is -0.462 e. The van der Waals surface area contributed by atoms with Gasteiger partial charge in [0.05, 0.1) is 0 Å². The second kappa shape index (κ2) is 39.7. The van der Waals surface area contributed by atoms with Gasteiger partial charge in [0.15, 0.2) is 6.10 Å². The summed E-state index contributed by atoms with van der Waals surface area (Å²) >= 11 is 0. The summed E-state index contributed by atoms with van der Waals surface area (Å²) in [6, 6.07) is 0. The van der Waals surface area contributed by atoms with Gasteiger partial charge in [-0.3, -0.25) is 14.4 Å². The molecule has 0 amide bonds. The van der Waals surface area contributed by atoms with Crippen LogP contribution in [0.3, 0.4) is 0 Å². The Morgan fingerprint density at radius 2 is 0.780 bits per heavy atom. The first-order valence-electron chi connectivity index (χ1n) is 21.3. The number of unbranched alkanes of at least 4 members (excludes halogenated alkanes) is 23. The largest absolute Gasteiger partial charge is 0.462 e. The Balaban J connectivity index is 4.32. The van der Waals surface area contributed by atoms with Gasteiger partial charge in [-0.05, 0) is 44.9 Å². The first-order chi connectivity index (χ1) is 24.5. The van der Waals surface area contributed by atoms with Crippen molar-refractivity contribution in [2.24, 2.45) is 0 Å². The smallest absolute Gasteiger partial charge is 0.306 e. The van der Waals surface area contributed by atoms with E-state index in [-0.39, 0.29) is 31.1 Å². The van der Waals surface area contributed by atoms with Crippen molar-refractivity contribution in [3.63, 3.8) is 0 Å². The van der Waals surface area contributed by atoms with E-state index in [9.17, 15) is 14.4 Å². The number of rotatable bonds is 38. The van der Waals surface area contributed by atoms with Gasteiger partial charge in [0.1, 0.15) is 13.2 Å². The van der Waals surface area contributed by atoms with Gasteiger partial charge >= 0.3 is 17.9 Å². The molecular weight excluding hydrogens is 624 g/mol. The van der Waals surface area contributed by atoms with Crippen molar-refractivity contribution in [2.75, 3.05) is 13.2 Å². The zero-order chi connectivity index (χ0) is 36.6. The van der Waals surface area contributed by atoms with Crippen molar-refractivity contribution >= 4 is 17.9 Å². The standard InChI is InChI=1S/C44H80O6/c1-4-7-10-13-16-19-20-21-22-23-26-28-31-34-37-43(46)49-40-41(50-44(47)38-35-32-29-25-18-15-12-9-6-3)39-48-42(45)36-33-30-27-24-17-14-11-8-5-2/h7,10,16,19,41H,4-6,8-9,11-15,17-18,20-40H2,1-3H3/b10-7-,19-16-. The number of ether oxygens (including phenoxy) is 3. The SMILES string of the molecule is CC/C=C\C/C=C\CCCCCCCCCC(=O)OCC(COC(=O)CCCCCCCCCCC)OC(=O)CCCCCCCCCCC. The first-order valence-corrected chi connectivity index (χ1v) is 21.3. The maximum atomic E-state index is 12.6. The number of esters is 3. The van der Waals surface area contributed by atoms with Crippen LogP contribution in [0.15, 0.2) is 24.3 Å². The third-order valence-corrected chi connectivity index (χ3v) is 9.22. The van der Waals surface area contributed by atoms with Crippen LogP contribution in [0.5, 0.6) is 0 Å². The van der Waals surface area contributed by atoms with E-state index >= 15 is 0 Å². The van der Waals surface area contributed by atoms with E-state index in [1.54, 1.807) is 0 Å². The van der Waals surface area contributed by atoms with Crippen molar-refractivity contribution in [3.8, 4) is 0 Å². The van der Waals surface area contributed by atoms with Crippen LogP contribution < -0.4 is 0 Å². The molecule has 6 heteroatoms. The van der Waals surface area contributed by atoms with E-state index in [1.165, 1.54) is 103 Å². The van der Waals surface area contributed by atoms with E-state index in [4.69, 9.17) is 14.2 Å². The maximum absolute atomic E-state index is 12.6. The molecule has 0 saturated heterocycles. The Kier molecular flexibility index (Phi) is 38.0. The molecule has 6 nitrogen and oxygen atoms in total. The van der Waals surface area contributed by atoms with Crippen molar-refractivity contribution in [2.45, 2.75) is 226 Å². The van der Waals surface area contributed by atoms with Gasteiger partial charge in [0, 0.05) is 19.3 Å². The maximum Gasteiger partial charge on any atom is 0.306 e. The summed E-state index contributed by atoms with van der Waals surface area (Å²) < 4.78 is 16.6. The van der Waals surface area contributed by atoms with E-state index in [1.807, 2.05) is 0 Å². The molecule has 0 rings (SSSR count). The molecule has 0 saturated carbocycles. The molecule has 0 heterocycles. The zero-order valence-electron chi connectivity index (χ0n) is 33.2. The Hall–Kier alpha value is -2.11. The van der Waals surface area contributed by atoms with Crippen LogP contribution in [0.4, 0.5) is 0 Å². The summed E-state index contributed by atoms with van der Waals surface area (Å²) in [6.07, 6.45) is 41.6. The number of carbonyl (C=O) groups excluding carboxylic acids is 3. The van der Waals surface area contributed by atoms with Crippen molar-refractivity contribution in [1.29, 1.82) is 0 Å². The Bertz CT molecular complexity index is 819. The molecule has 0 bridgehead atoms. The molecule has 0 radical (unpaired) electrons. The van der Waals surface area contributed by atoms with Crippen LogP contribution in [0, 0.1) is 0 Å². The molecule has 1 atom stereocenters. The van der Waals surface area contributed by atoms with Gasteiger partial charge in [-0.2, -0.15) is 0 Å². The minimum atomic E-state index is -0.764. The lowest BCUT2D eigenvalue weighted by atomic mass is 10.1. The highest BCUT2D eigenvalue weighted by Crippen LogP contribution is 2.14. The van der Waals surface area contributed by atoms with Gasteiger partial charge in [-0.1, -0.05) is 180 Å². The zero-order valence-corrected chi connectivity index (χ0v) is 33.2. The minimum absolute atomic E-state index is 0.0707. The molecule has 0 aromatic rings. The molecule has 0 aliphatic carbocycles. The second-order valence-electron chi connectivity index (χ2n) is 14.2. The van der Waals surface area contributed by atoms with Crippen LogP contribution in [-0.2, 0) is 28.6 Å². The van der Waals surface area contributed by atoms with Crippen LogP contribution in [0.1, 0.15) is 220 Å². The molecule has 0 spiro atoms. The van der Waals surface area contributed by atoms with E-state index in [0.29, 0.717) is 19.3 Å². The van der Waals surface area contributed by atoms with Crippen molar-refractivity contribution in [1.82, 2.24) is 0 Å². The summed E-state index contributed by atoms with van der Waals surface area (Å²) in [4.78, 5) is 37.5. The summed E-state index contributed by atoms with van der Waals surface area (Å²) in [6.45, 7) is 6.48. The molecule has 0 aromatic carbocycles.